The molecule has 5 nitrogen and oxygen atoms in total. The summed E-state index contributed by atoms with van der Waals surface area (Å²) in [7, 11) is 0. The van der Waals surface area contributed by atoms with Crippen LogP contribution in [0.2, 0.25) is 0 Å². The SMILES string of the molecule is Cc1ccc(-c2nc3c(C)cccn3c2CC(=O)Nc2cccc(O)c2)cc1C. The number of hydrogen-bond acceptors (Lipinski definition) is 3. The van der Waals surface area contributed by atoms with Crippen LogP contribution in [-0.2, 0) is 11.2 Å². The van der Waals surface area contributed by atoms with Crippen molar-refractivity contribution < 1.29 is 9.90 Å². The van der Waals surface area contributed by atoms with Gasteiger partial charge in [0.25, 0.3) is 0 Å². The summed E-state index contributed by atoms with van der Waals surface area (Å²) in [5.74, 6) is -0.0481. The van der Waals surface area contributed by atoms with Crippen LogP contribution in [0.25, 0.3) is 16.9 Å². The first-order chi connectivity index (χ1) is 13.9. The minimum Gasteiger partial charge on any atom is -0.508 e. The maximum absolute atomic E-state index is 12.8. The molecule has 4 aromatic rings. The van der Waals surface area contributed by atoms with Crippen LogP contribution in [0.1, 0.15) is 22.4 Å². The first kappa shape index (κ1) is 18.7. The topological polar surface area (TPSA) is 66.6 Å². The fourth-order valence-corrected chi connectivity index (χ4v) is 3.48. The fraction of sp³-hybridized carbons (Fsp3) is 0.167. The van der Waals surface area contributed by atoms with Crippen molar-refractivity contribution in [2.45, 2.75) is 27.2 Å². The summed E-state index contributed by atoms with van der Waals surface area (Å²) in [5.41, 5.74) is 7.52. The molecule has 2 aromatic heterocycles. The van der Waals surface area contributed by atoms with Crippen LogP contribution in [0.4, 0.5) is 5.69 Å². The molecule has 0 spiro atoms. The van der Waals surface area contributed by atoms with E-state index in [1.165, 1.54) is 17.2 Å². The zero-order valence-electron chi connectivity index (χ0n) is 16.7. The third kappa shape index (κ3) is 3.72. The molecule has 146 valence electrons. The van der Waals surface area contributed by atoms with Gasteiger partial charge in [-0.1, -0.05) is 24.3 Å². The molecular weight excluding hydrogens is 362 g/mol. The van der Waals surface area contributed by atoms with E-state index in [2.05, 4.69) is 37.4 Å². The Hall–Kier alpha value is -3.60. The van der Waals surface area contributed by atoms with Gasteiger partial charge in [-0.2, -0.15) is 0 Å². The average molecular weight is 385 g/mol. The Labute approximate surface area is 169 Å². The molecule has 4 rings (SSSR count). The molecule has 0 unspecified atom stereocenters. The first-order valence-electron chi connectivity index (χ1n) is 9.55. The fourth-order valence-electron chi connectivity index (χ4n) is 3.48. The van der Waals surface area contributed by atoms with E-state index >= 15 is 0 Å². The third-order valence-electron chi connectivity index (χ3n) is 5.18. The van der Waals surface area contributed by atoms with E-state index in [1.54, 1.807) is 18.2 Å². The van der Waals surface area contributed by atoms with Gasteiger partial charge in [-0.15, -0.1) is 0 Å². The number of imidazole rings is 1. The standard InChI is InChI=1S/C24H23N3O2/c1-15-9-10-18(12-17(15)3)23-21(27-11-5-6-16(2)24(27)26-23)14-22(29)25-19-7-4-8-20(28)13-19/h4-13,28H,14H2,1-3H3,(H,25,29). The van der Waals surface area contributed by atoms with Gasteiger partial charge >= 0.3 is 0 Å². The number of nitrogens with one attached hydrogen (secondary N) is 1. The molecule has 0 fully saturated rings. The second-order valence-corrected chi connectivity index (χ2v) is 7.37. The number of benzene rings is 2. The minimum atomic E-state index is -0.163. The van der Waals surface area contributed by atoms with E-state index in [0.29, 0.717) is 5.69 Å². The summed E-state index contributed by atoms with van der Waals surface area (Å²) in [6.45, 7) is 6.17. The molecule has 0 aliphatic carbocycles. The van der Waals surface area contributed by atoms with Gasteiger partial charge in [0.1, 0.15) is 11.4 Å². The number of anilines is 1. The van der Waals surface area contributed by atoms with Crippen molar-refractivity contribution in [3.8, 4) is 17.0 Å². The van der Waals surface area contributed by atoms with Gasteiger partial charge in [0.15, 0.2) is 0 Å². The maximum atomic E-state index is 12.8. The number of nitrogens with zero attached hydrogens (tertiary/aromatic N) is 2. The lowest BCUT2D eigenvalue weighted by Crippen LogP contribution is -2.16. The number of fused-ring (bicyclic) bond motifs is 1. The van der Waals surface area contributed by atoms with Crippen molar-refractivity contribution >= 4 is 17.2 Å². The van der Waals surface area contributed by atoms with Gasteiger partial charge < -0.3 is 14.8 Å². The molecule has 0 bridgehead atoms. The highest BCUT2D eigenvalue weighted by Crippen LogP contribution is 2.28. The number of aromatic hydroxyl groups is 1. The molecular formula is C24H23N3O2. The number of pyridine rings is 1. The second kappa shape index (κ2) is 7.43. The highest BCUT2D eigenvalue weighted by Gasteiger charge is 2.18. The summed E-state index contributed by atoms with van der Waals surface area (Å²) in [4.78, 5) is 17.7. The normalized spacial score (nSPS) is 11.0. The minimum absolute atomic E-state index is 0.115. The molecule has 0 atom stereocenters. The molecule has 1 amide bonds. The maximum Gasteiger partial charge on any atom is 0.230 e. The van der Waals surface area contributed by atoms with Gasteiger partial charge in [0, 0.05) is 23.5 Å². The molecule has 0 saturated carbocycles. The van der Waals surface area contributed by atoms with Crippen molar-refractivity contribution in [3.05, 3.63) is 83.2 Å². The number of carbonyl (C=O) groups excluding carboxylic acids is 1. The summed E-state index contributed by atoms with van der Waals surface area (Å²) in [6, 6.07) is 16.8. The molecule has 5 heteroatoms. The van der Waals surface area contributed by atoms with E-state index in [-0.39, 0.29) is 18.1 Å². The second-order valence-electron chi connectivity index (χ2n) is 7.37. The lowest BCUT2D eigenvalue weighted by Gasteiger charge is -2.09. The van der Waals surface area contributed by atoms with E-state index < -0.39 is 0 Å². The number of amides is 1. The Morgan fingerprint density at radius 3 is 2.59 bits per heavy atom. The Morgan fingerprint density at radius 2 is 1.83 bits per heavy atom. The van der Waals surface area contributed by atoms with Gasteiger partial charge in [-0.3, -0.25) is 4.79 Å². The number of hydrogen-bond donors (Lipinski definition) is 2. The molecule has 29 heavy (non-hydrogen) atoms. The Morgan fingerprint density at radius 1 is 1.00 bits per heavy atom. The van der Waals surface area contributed by atoms with Gasteiger partial charge in [-0.25, -0.2) is 4.98 Å². The van der Waals surface area contributed by atoms with Gasteiger partial charge in [0.05, 0.1) is 17.8 Å². The van der Waals surface area contributed by atoms with Crippen LogP contribution in [0.5, 0.6) is 5.75 Å². The quantitative estimate of drug-likeness (QED) is 0.530. The van der Waals surface area contributed by atoms with Crippen molar-refractivity contribution in [2.24, 2.45) is 0 Å². The number of aryl methyl sites for hydroxylation is 3. The van der Waals surface area contributed by atoms with Crippen molar-refractivity contribution in [1.29, 1.82) is 0 Å². The molecule has 0 aliphatic rings. The summed E-state index contributed by atoms with van der Waals surface area (Å²) < 4.78 is 1.99. The van der Waals surface area contributed by atoms with Crippen LogP contribution >= 0.6 is 0 Å². The predicted molar refractivity (Wildman–Crippen MR) is 115 cm³/mol. The van der Waals surface area contributed by atoms with Crippen LogP contribution in [0, 0.1) is 20.8 Å². The first-order valence-corrected chi connectivity index (χ1v) is 9.55. The highest BCUT2D eigenvalue weighted by molar-refractivity contribution is 5.93. The van der Waals surface area contributed by atoms with E-state index in [9.17, 15) is 9.90 Å². The average Bonchev–Trinajstić information content (AvgIpc) is 3.04. The van der Waals surface area contributed by atoms with Crippen molar-refractivity contribution in [1.82, 2.24) is 9.38 Å². The van der Waals surface area contributed by atoms with Crippen LogP contribution in [0.15, 0.2) is 60.8 Å². The van der Waals surface area contributed by atoms with Crippen molar-refractivity contribution in [2.75, 3.05) is 5.32 Å². The summed E-state index contributed by atoms with van der Waals surface area (Å²) in [5, 5.41) is 12.5. The number of rotatable bonds is 4. The molecule has 2 N–H and O–H groups in total. The van der Waals surface area contributed by atoms with Gasteiger partial charge in [0.2, 0.25) is 5.91 Å². The van der Waals surface area contributed by atoms with Crippen molar-refractivity contribution in [3.63, 3.8) is 0 Å². The zero-order valence-corrected chi connectivity index (χ0v) is 16.7. The largest absolute Gasteiger partial charge is 0.508 e. The van der Waals surface area contributed by atoms with Crippen LogP contribution in [0.3, 0.4) is 0 Å². The van der Waals surface area contributed by atoms with Crippen LogP contribution < -0.4 is 5.32 Å². The monoisotopic (exact) mass is 385 g/mol. The molecule has 2 heterocycles. The summed E-state index contributed by atoms with van der Waals surface area (Å²) >= 11 is 0. The van der Waals surface area contributed by atoms with E-state index in [1.807, 2.05) is 29.7 Å². The van der Waals surface area contributed by atoms with E-state index in [4.69, 9.17) is 4.98 Å². The molecule has 0 radical (unpaired) electrons. The predicted octanol–water partition coefficient (Wildman–Crippen LogP) is 4.81. The van der Waals surface area contributed by atoms with E-state index in [0.717, 1.165) is 28.2 Å². The lowest BCUT2D eigenvalue weighted by atomic mass is 10.0. The lowest BCUT2D eigenvalue weighted by molar-refractivity contribution is -0.115. The number of phenols is 1. The Balaban J connectivity index is 1.76. The highest BCUT2D eigenvalue weighted by atomic mass is 16.3. The molecule has 2 aromatic carbocycles. The third-order valence-corrected chi connectivity index (χ3v) is 5.18. The molecule has 0 saturated heterocycles. The summed E-state index contributed by atoms with van der Waals surface area (Å²) in [6.07, 6.45) is 2.11. The molecule has 0 aliphatic heterocycles. The van der Waals surface area contributed by atoms with Gasteiger partial charge in [-0.05, 0) is 61.7 Å². The number of carbonyl (C=O) groups is 1. The number of aromatic nitrogens is 2. The van der Waals surface area contributed by atoms with Crippen LogP contribution in [-0.4, -0.2) is 20.4 Å². The number of phenolic OH excluding ortho intramolecular Hbond substituents is 1. The Kier molecular flexibility index (Phi) is 4.80. The zero-order chi connectivity index (χ0) is 20.5. The Bertz CT molecular complexity index is 1220. The smallest absolute Gasteiger partial charge is 0.230 e.